The molecular formula is C62H36F2. The van der Waals surface area contributed by atoms with E-state index in [4.69, 9.17) is 0 Å². The number of halogens is 2. The molecule has 298 valence electrons. The summed E-state index contributed by atoms with van der Waals surface area (Å²) in [7, 11) is 0. The third kappa shape index (κ3) is 5.73. The van der Waals surface area contributed by atoms with Crippen LogP contribution in [0.5, 0.6) is 0 Å². The van der Waals surface area contributed by atoms with Crippen molar-refractivity contribution < 1.29 is 8.78 Å². The van der Waals surface area contributed by atoms with E-state index in [1.54, 1.807) is 0 Å². The van der Waals surface area contributed by atoms with Gasteiger partial charge < -0.3 is 0 Å². The van der Waals surface area contributed by atoms with Crippen LogP contribution in [0, 0.1) is 11.6 Å². The fraction of sp³-hybridized carbons (Fsp3) is 0. The van der Waals surface area contributed by atoms with Crippen molar-refractivity contribution in [3.63, 3.8) is 0 Å². The average molecular weight is 819 g/mol. The van der Waals surface area contributed by atoms with Crippen molar-refractivity contribution in [1.29, 1.82) is 0 Å². The van der Waals surface area contributed by atoms with Crippen LogP contribution in [0.25, 0.3) is 131 Å². The maximum Gasteiger partial charge on any atom is 0.123 e. The first-order valence-corrected chi connectivity index (χ1v) is 21.8. The van der Waals surface area contributed by atoms with Crippen LogP contribution in [0.4, 0.5) is 8.78 Å². The lowest BCUT2D eigenvalue weighted by atomic mass is 9.86. The van der Waals surface area contributed by atoms with Gasteiger partial charge in [-0.15, -0.1) is 0 Å². The number of hydrogen-bond acceptors (Lipinski definition) is 0. The van der Waals surface area contributed by atoms with Crippen LogP contribution >= 0.6 is 0 Å². The highest BCUT2D eigenvalue weighted by Crippen LogP contribution is 2.45. The minimum absolute atomic E-state index is 0.229. The Hall–Kier alpha value is -8.20. The molecule has 0 unspecified atom stereocenters. The summed E-state index contributed by atoms with van der Waals surface area (Å²) in [6.07, 6.45) is 0. The van der Waals surface area contributed by atoms with Gasteiger partial charge in [0.05, 0.1) is 0 Å². The first kappa shape index (κ1) is 36.5. The standard InChI is InChI=1S/C62H36F2/c63-49-23-11-39(12-24-49)51-27-15-41-21-33-57-53(29-17-43-19-31-55(51)59(41)61(43)57)47-5-1-3-45(35-47)37-7-9-38(10-8-37)46-4-2-6-48(36-46)54-30-18-44-20-32-56-52(40-13-25-50(64)26-14-40)28-16-42-22-34-58(54)62(44)60(42)56/h1-36H. The Morgan fingerprint density at radius 1 is 0.203 bits per heavy atom. The lowest BCUT2D eigenvalue weighted by molar-refractivity contribution is 0.627. The van der Waals surface area contributed by atoms with Crippen molar-refractivity contribution in [3.8, 4) is 66.8 Å². The van der Waals surface area contributed by atoms with Crippen molar-refractivity contribution in [2.75, 3.05) is 0 Å². The Morgan fingerprint density at radius 2 is 0.469 bits per heavy atom. The van der Waals surface area contributed by atoms with Gasteiger partial charge in [0, 0.05) is 0 Å². The van der Waals surface area contributed by atoms with Crippen LogP contribution in [0.1, 0.15) is 0 Å². The van der Waals surface area contributed by atoms with E-state index in [2.05, 4.69) is 170 Å². The summed E-state index contributed by atoms with van der Waals surface area (Å²) >= 11 is 0. The summed E-state index contributed by atoms with van der Waals surface area (Å²) in [4.78, 5) is 0. The molecular weight excluding hydrogens is 783 g/mol. The second-order valence-electron chi connectivity index (χ2n) is 17.1. The van der Waals surface area contributed by atoms with Crippen molar-refractivity contribution in [2.24, 2.45) is 0 Å². The van der Waals surface area contributed by atoms with E-state index in [1.807, 2.05) is 24.3 Å². The number of benzene rings is 13. The molecule has 2 heteroatoms. The average Bonchev–Trinajstić information content (AvgIpc) is 3.35. The Kier molecular flexibility index (Phi) is 8.07. The molecule has 0 fully saturated rings. The van der Waals surface area contributed by atoms with Crippen molar-refractivity contribution in [2.45, 2.75) is 0 Å². The van der Waals surface area contributed by atoms with E-state index >= 15 is 0 Å². The van der Waals surface area contributed by atoms with Gasteiger partial charge in [-0.25, -0.2) is 8.78 Å². The van der Waals surface area contributed by atoms with Crippen molar-refractivity contribution in [1.82, 2.24) is 0 Å². The molecule has 0 spiro atoms. The summed E-state index contributed by atoms with van der Waals surface area (Å²) in [6.45, 7) is 0. The lowest BCUT2D eigenvalue weighted by Crippen LogP contribution is -1.90. The molecule has 64 heavy (non-hydrogen) atoms. The molecule has 0 nitrogen and oxygen atoms in total. The van der Waals surface area contributed by atoms with Gasteiger partial charge in [-0.1, -0.05) is 182 Å². The van der Waals surface area contributed by atoms with Crippen LogP contribution in [0.15, 0.2) is 218 Å². The third-order valence-corrected chi connectivity index (χ3v) is 13.5. The van der Waals surface area contributed by atoms with Gasteiger partial charge >= 0.3 is 0 Å². The molecule has 0 aliphatic rings. The molecule has 0 amide bonds. The molecule has 0 radical (unpaired) electrons. The molecule has 13 aromatic carbocycles. The highest BCUT2D eigenvalue weighted by molar-refractivity contribution is 6.29. The topological polar surface area (TPSA) is 0 Å². The minimum Gasteiger partial charge on any atom is -0.207 e. The molecule has 0 aromatic heterocycles. The van der Waals surface area contributed by atoms with Gasteiger partial charge in [-0.3, -0.25) is 0 Å². The summed E-state index contributed by atoms with van der Waals surface area (Å²) in [5.74, 6) is -0.458. The summed E-state index contributed by atoms with van der Waals surface area (Å²) in [5.41, 5.74) is 13.6. The first-order chi connectivity index (χ1) is 31.5. The molecule has 0 heterocycles. The molecule has 0 aliphatic carbocycles. The zero-order valence-corrected chi connectivity index (χ0v) is 34.5. The van der Waals surface area contributed by atoms with E-state index in [0.29, 0.717) is 0 Å². The summed E-state index contributed by atoms with van der Waals surface area (Å²) in [6, 6.07) is 75.8. The van der Waals surface area contributed by atoms with Crippen LogP contribution in [-0.2, 0) is 0 Å². The Balaban J connectivity index is 0.845. The SMILES string of the molecule is Fc1ccc(-c2ccc3ccc4c(-c5cccc(-c6ccc(-c7cccc(-c8ccc9ccc%10c(-c%11ccc(F)cc%11)ccc%11ccc8c9c%11%10)c7)cc6)c5)ccc5ccc2c3c54)cc1. The highest BCUT2D eigenvalue weighted by atomic mass is 19.1. The van der Waals surface area contributed by atoms with Crippen LogP contribution in [0.2, 0.25) is 0 Å². The fourth-order valence-corrected chi connectivity index (χ4v) is 10.5. The summed E-state index contributed by atoms with van der Waals surface area (Å²) in [5, 5.41) is 14.6. The summed E-state index contributed by atoms with van der Waals surface area (Å²) < 4.78 is 27.7. The van der Waals surface area contributed by atoms with E-state index in [9.17, 15) is 8.78 Å². The van der Waals surface area contributed by atoms with E-state index in [0.717, 1.165) is 33.4 Å². The maximum absolute atomic E-state index is 13.9. The molecule has 0 N–H and O–H groups in total. The van der Waals surface area contributed by atoms with Gasteiger partial charge in [0.25, 0.3) is 0 Å². The minimum atomic E-state index is -0.229. The predicted molar refractivity (Wildman–Crippen MR) is 266 cm³/mol. The maximum atomic E-state index is 13.9. The van der Waals surface area contributed by atoms with Crippen LogP contribution in [0.3, 0.4) is 0 Å². The van der Waals surface area contributed by atoms with Gasteiger partial charge in [-0.05, 0) is 168 Å². The Morgan fingerprint density at radius 3 is 0.797 bits per heavy atom. The molecule has 13 rings (SSSR count). The predicted octanol–water partition coefficient (Wildman–Crippen LogP) is 17.8. The van der Waals surface area contributed by atoms with E-state index in [1.165, 1.54) is 122 Å². The third-order valence-electron chi connectivity index (χ3n) is 13.5. The van der Waals surface area contributed by atoms with Gasteiger partial charge in [0.15, 0.2) is 0 Å². The molecule has 0 saturated heterocycles. The Bertz CT molecular complexity index is 3680. The smallest absolute Gasteiger partial charge is 0.123 e. The zero-order valence-electron chi connectivity index (χ0n) is 34.5. The second-order valence-corrected chi connectivity index (χ2v) is 17.1. The number of hydrogen-bond donors (Lipinski definition) is 0. The Labute approximate surface area is 368 Å². The largest absolute Gasteiger partial charge is 0.207 e. The molecule has 13 aromatic rings. The normalized spacial score (nSPS) is 11.9. The van der Waals surface area contributed by atoms with Gasteiger partial charge in [0.2, 0.25) is 0 Å². The quantitative estimate of drug-likeness (QED) is 0.147. The highest BCUT2D eigenvalue weighted by Gasteiger charge is 2.18. The molecule has 0 aliphatic heterocycles. The lowest BCUT2D eigenvalue weighted by Gasteiger charge is -2.17. The first-order valence-electron chi connectivity index (χ1n) is 21.8. The van der Waals surface area contributed by atoms with Gasteiger partial charge in [-0.2, -0.15) is 0 Å². The van der Waals surface area contributed by atoms with Crippen LogP contribution in [-0.4, -0.2) is 0 Å². The van der Waals surface area contributed by atoms with E-state index in [-0.39, 0.29) is 11.6 Å². The van der Waals surface area contributed by atoms with Crippen LogP contribution < -0.4 is 0 Å². The molecule has 0 atom stereocenters. The number of rotatable bonds is 6. The van der Waals surface area contributed by atoms with Crippen molar-refractivity contribution in [3.05, 3.63) is 230 Å². The second kappa shape index (κ2) is 14.2. The monoisotopic (exact) mass is 818 g/mol. The molecule has 0 saturated carbocycles. The zero-order chi connectivity index (χ0) is 42.5. The molecule has 0 bridgehead atoms. The van der Waals surface area contributed by atoms with Crippen molar-refractivity contribution >= 4 is 64.6 Å². The fourth-order valence-electron chi connectivity index (χ4n) is 10.5. The van der Waals surface area contributed by atoms with E-state index < -0.39 is 0 Å². The van der Waals surface area contributed by atoms with Gasteiger partial charge in [0.1, 0.15) is 11.6 Å².